The second-order valence-corrected chi connectivity index (χ2v) is 8.49. The van der Waals surface area contributed by atoms with Crippen molar-refractivity contribution in [1.29, 1.82) is 0 Å². The number of nitrogens with two attached hydrogens (primary N) is 1. The zero-order chi connectivity index (χ0) is 15.7. The van der Waals surface area contributed by atoms with Crippen LogP contribution in [0.5, 0.6) is 0 Å². The number of thiocarbonyl (C=S) groups is 1. The monoisotopic (exact) mass is 348 g/mol. The lowest BCUT2D eigenvalue weighted by Crippen LogP contribution is -2.50. The van der Waals surface area contributed by atoms with Crippen LogP contribution in [0.4, 0.5) is 4.39 Å². The fourth-order valence-electron chi connectivity index (χ4n) is 2.42. The molecule has 1 fully saturated rings. The quantitative estimate of drug-likeness (QED) is 0.843. The molecule has 0 unspecified atom stereocenters. The largest absolute Gasteiger partial charge is 0.392 e. The van der Waals surface area contributed by atoms with Gasteiger partial charge in [-0.25, -0.2) is 12.8 Å². The fraction of sp³-hybridized carbons (Fsp3) is 0.462. The minimum atomic E-state index is -3.67. The third-order valence-electron chi connectivity index (χ3n) is 3.80. The number of piperidine rings is 1. The Bertz CT molecular complexity index is 641. The van der Waals surface area contributed by atoms with Crippen molar-refractivity contribution in [3.63, 3.8) is 0 Å². The number of sulfonamides is 1. The molecule has 0 aromatic heterocycles. The second kappa shape index (κ2) is 6.20. The molecule has 1 aromatic carbocycles. The number of thioether (sulfide) groups is 1. The highest BCUT2D eigenvalue weighted by atomic mass is 32.2. The molecule has 0 saturated carbocycles. The van der Waals surface area contributed by atoms with E-state index in [4.69, 9.17) is 18.0 Å². The van der Waals surface area contributed by atoms with Crippen LogP contribution in [-0.2, 0) is 10.0 Å². The third-order valence-corrected chi connectivity index (χ3v) is 7.63. The summed E-state index contributed by atoms with van der Waals surface area (Å²) in [5.74, 6) is -0.560. The summed E-state index contributed by atoms with van der Waals surface area (Å²) in [5.41, 5.74) is 5.79. The van der Waals surface area contributed by atoms with Gasteiger partial charge in [-0.2, -0.15) is 16.1 Å². The summed E-state index contributed by atoms with van der Waals surface area (Å²) in [4.78, 5) is 0.396. The average molecular weight is 348 g/mol. The number of hydrogen-bond acceptors (Lipinski definition) is 4. The van der Waals surface area contributed by atoms with E-state index in [1.54, 1.807) is 11.8 Å². The highest BCUT2D eigenvalue weighted by Crippen LogP contribution is 2.36. The lowest BCUT2D eigenvalue weighted by Gasteiger charge is -2.39. The van der Waals surface area contributed by atoms with Crippen LogP contribution in [0.15, 0.2) is 29.2 Å². The number of benzene rings is 1. The molecule has 8 heteroatoms. The molecule has 0 spiro atoms. The van der Waals surface area contributed by atoms with Gasteiger partial charge < -0.3 is 5.73 Å². The van der Waals surface area contributed by atoms with Crippen molar-refractivity contribution in [2.45, 2.75) is 22.5 Å². The van der Waals surface area contributed by atoms with Gasteiger partial charge in [0.1, 0.15) is 5.82 Å². The van der Waals surface area contributed by atoms with E-state index >= 15 is 0 Å². The maximum atomic E-state index is 13.2. The molecule has 0 atom stereocenters. The van der Waals surface area contributed by atoms with E-state index in [1.807, 2.05) is 6.26 Å². The minimum Gasteiger partial charge on any atom is -0.392 e. The molecule has 2 N–H and O–H groups in total. The van der Waals surface area contributed by atoms with Crippen LogP contribution >= 0.6 is 24.0 Å². The molecule has 21 heavy (non-hydrogen) atoms. The van der Waals surface area contributed by atoms with Crippen LogP contribution in [0.1, 0.15) is 12.8 Å². The van der Waals surface area contributed by atoms with Crippen molar-refractivity contribution in [3.05, 3.63) is 30.1 Å². The average Bonchev–Trinajstić information content (AvgIpc) is 2.47. The second-order valence-electron chi connectivity index (χ2n) is 4.92. The summed E-state index contributed by atoms with van der Waals surface area (Å²) < 4.78 is 39.2. The first-order chi connectivity index (χ1) is 9.82. The third kappa shape index (κ3) is 3.23. The summed E-state index contributed by atoms with van der Waals surface area (Å²) >= 11 is 6.67. The van der Waals surface area contributed by atoms with E-state index in [2.05, 4.69) is 0 Å². The van der Waals surface area contributed by atoms with Gasteiger partial charge in [-0.05, 0) is 37.3 Å². The SMILES string of the molecule is CSC1(C(N)=S)CCN(S(=O)(=O)c2cccc(F)c2)CC1. The van der Waals surface area contributed by atoms with Gasteiger partial charge in [0.05, 0.1) is 14.6 Å². The Morgan fingerprint density at radius 3 is 2.52 bits per heavy atom. The van der Waals surface area contributed by atoms with Gasteiger partial charge in [0.25, 0.3) is 0 Å². The van der Waals surface area contributed by atoms with E-state index in [1.165, 1.54) is 22.5 Å². The predicted molar refractivity (Wildman–Crippen MR) is 87.4 cm³/mol. The van der Waals surface area contributed by atoms with Crippen molar-refractivity contribution in [3.8, 4) is 0 Å². The smallest absolute Gasteiger partial charge is 0.243 e. The zero-order valence-electron chi connectivity index (χ0n) is 11.6. The number of nitrogens with zero attached hydrogens (tertiary/aromatic N) is 1. The van der Waals surface area contributed by atoms with Gasteiger partial charge in [0, 0.05) is 13.1 Å². The predicted octanol–water partition coefficient (Wildman–Crippen LogP) is 2.00. The fourth-order valence-corrected chi connectivity index (χ4v) is 5.14. The first-order valence-electron chi connectivity index (χ1n) is 6.43. The molecule has 1 heterocycles. The molecule has 1 aliphatic rings. The van der Waals surface area contributed by atoms with Crippen molar-refractivity contribution < 1.29 is 12.8 Å². The Kier molecular flexibility index (Phi) is 4.92. The van der Waals surface area contributed by atoms with E-state index in [0.717, 1.165) is 6.07 Å². The van der Waals surface area contributed by atoms with E-state index < -0.39 is 15.8 Å². The summed E-state index contributed by atoms with van der Waals surface area (Å²) in [6.45, 7) is 0.661. The van der Waals surface area contributed by atoms with Gasteiger partial charge in [0.15, 0.2) is 0 Å². The Balaban J connectivity index is 2.20. The van der Waals surface area contributed by atoms with E-state index in [0.29, 0.717) is 30.9 Å². The topological polar surface area (TPSA) is 63.4 Å². The minimum absolute atomic E-state index is 0.0190. The van der Waals surface area contributed by atoms with Gasteiger partial charge in [-0.15, -0.1) is 0 Å². The van der Waals surface area contributed by atoms with Crippen molar-refractivity contribution >= 4 is 39.0 Å². The summed E-state index contributed by atoms with van der Waals surface area (Å²) in [6, 6.07) is 5.07. The van der Waals surface area contributed by atoms with Gasteiger partial charge >= 0.3 is 0 Å². The van der Waals surface area contributed by atoms with Crippen molar-refractivity contribution in [1.82, 2.24) is 4.31 Å². The highest BCUT2D eigenvalue weighted by molar-refractivity contribution is 8.02. The molecular formula is C13H17FN2O2S3. The Labute approximate surface area is 133 Å². The number of halogens is 1. The normalized spacial score (nSPS) is 19.3. The molecule has 0 bridgehead atoms. The van der Waals surface area contributed by atoms with Gasteiger partial charge in [-0.3, -0.25) is 0 Å². The Morgan fingerprint density at radius 2 is 2.05 bits per heavy atom. The molecule has 0 aliphatic carbocycles. The standard InChI is InChI=1S/C13H17FN2O2S3/c1-20-13(12(15)19)5-7-16(8-6-13)21(17,18)11-4-2-3-10(14)9-11/h2-4,9H,5-8H2,1H3,(H2,15,19). The summed E-state index contributed by atoms with van der Waals surface area (Å²) in [7, 11) is -3.67. The first-order valence-corrected chi connectivity index (χ1v) is 9.50. The van der Waals surface area contributed by atoms with Crippen LogP contribution < -0.4 is 5.73 Å². The molecule has 4 nitrogen and oxygen atoms in total. The van der Waals surface area contributed by atoms with E-state index in [-0.39, 0.29) is 9.64 Å². The lowest BCUT2D eigenvalue weighted by molar-refractivity contribution is 0.332. The van der Waals surface area contributed by atoms with Crippen molar-refractivity contribution in [2.75, 3.05) is 19.3 Å². The van der Waals surface area contributed by atoms with E-state index in [9.17, 15) is 12.8 Å². The van der Waals surface area contributed by atoms with Crippen LogP contribution in [0.3, 0.4) is 0 Å². The summed E-state index contributed by atoms with van der Waals surface area (Å²) in [5, 5.41) is 0. The van der Waals surface area contributed by atoms with Gasteiger partial charge in [0.2, 0.25) is 10.0 Å². The van der Waals surface area contributed by atoms with Crippen LogP contribution in [0, 0.1) is 5.82 Å². The van der Waals surface area contributed by atoms with Crippen LogP contribution in [0.25, 0.3) is 0 Å². The van der Waals surface area contributed by atoms with Crippen molar-refractivity contribution in [2.24, 2.45) is 5.73 Å². The lowest BCUT2D eigenvalue weighted by atomic mass is 9.97. The maximum Gasteiger partial charge on any atom is 0.243 e. The Hall–Kier alpha value is -0.700. The Morgan fingerprint density at radius 1 is 1.43 bits per heavy atom. The molecule has 1 saturated heterocycles. The number of hydrogen-bond donors (Lipinski definition) is 1. The molecule has 0 radical (unpaired) electrons. The number of rotatable bonds is 4. The van der Waals surface area contributed by atoms with Crippen LogP contribution in [-0.4, -0.2) is 41.8 Å². The maximum absolute atomic E-state index is 13.2. The van der Waals surface area contributed by atoms with Gasteiger partial charge in [-0.1, -0.05) is 18.3 Å². The molecule has 2 rings (SSSR count). The summed E-state index contributed by atoms with van der Waals surface area (Å²) in [6.07, 6.45) is 3.06. The first kappa shape index (κ1) is 16.7. The highest BCUT2D eigenvalue weighted by Gasteiger charge is 2.40. The van der Waals surface area contributed by atoms with Crippen LogP contribution in [0.2, 0.25) is 0 Å². The molecular weight excluding hydrogens is 331 g/mol. The molecule has 1 aromatic rings. The molecule has 116 valence electrons. The molecule has 1 aliphatic heterocycles. The zero-order valence-corrected chi connectivity index (χ0v) is 14.0. The molecule has 0 amide bonds.